The molecule has 7 heteroatoms. The monoisotopic (exact) mass is 359 g/mol. The van der Waals surface area contributed by atoms with Gasteiger partial charge in [-0.25, -0.2) is 8.42 Å². The van der Waals surface area contributed by atoms with Crippen molar-refractivity contribution in [2.75, 3.05) is 13.1 Å². The first kappa shape index (κ1) is 17.6. The van der Waals surface area contributed by atoms with Crippen LogP contribution in [-0.4, -0.2) is 42.7 Å². The van der Waals surface area contributed by atoms with Gasteiger partial charge in [0.1, 0.15) is 0 Å². The summed E-state index contributed by atoms with van der Waals surface area (Å²) < 4.78 is 26.9. The Morgan fingerprint density at radius 3 is 2.28 bits per heavy atom. The highest BCUT2D eigenvalue weighted by Gasteiger charge is 2.29. The number of benzene rings is 1. The zero-order chi connectivity index (χ0) is 17.9. The van der Waals surface area contributed by atoms with Crippen LogP contribution in [0.5, 0.6) is 0 Å². The Morgan fingerprint density at radius 2 is 1.68 bits per heavy atom. The predicted octanol–water partition coefficient (Wildman–Crippen LogP) is 1.97. The van der Waals surface area contributed by atoms with Gasteiger partial charge in [0, 0.05) is 37.1 Å². The van der Waals surface area contributed by atoms with Gasteiger partial charge in [0.25, 0.3) is 5.91 Å². The van der Waals surface area contributed by atoms with E-state index in [9.17, 15) is 13.2 Å². The predicted molar refractivity (Wildman–Crippen MR) is 94.7 cm³/mol. The van der Waals surface area contributed by atoms with Gasteiger partial charge in [0.15, 0.2) is 0 Å². The first-order chi connectivity index (χ1) is 12.0. The summed E-state index contributed by atoms with van der Waals surface area (Å²) in [6.07, 6.45) is 4.35. The van der Waals surface area contributed by atoms with E-state index in [-0.39, 0.29) is 11.9 Å². The molecular formula is C18H21N3O3S. The lowest BCUT2D eigenvalue weighted by Gasteiger charge is -2.31. The highest BCUT2D eigenvalue weighted by molar-refractivity contribution is 7.89. The van der Waals surface area contributed by atoms with Crippen molar-refractivity contribution in [1.29, 1.82) is 0 Å². The lowest BCUT2D eigenvalue weighted by Crippen LogP contribution is -2.46. The molecule has 0 saturated carbocycles. The van der Waals surface area contributed by atoms with Gasteiger partial charge >= 0.3 is 0 Å². The second-order valence-corrected chi connectivity index (χ2v) is 8.14. The number of pyridine rings is 1. The van der Waals surface area contributed by atoms with Crippen molar-refractivity contribution in [1.82, 2.24) is 14.6 Å². The number of sulfonamides is 1. The largest absolute Gasteiger partial charge is 0.349 e. The maximum absolute atomic E-state index is 12.7. The topological polar surface area (TPSA) is 79.4 Å². The first-order valence-electron chi connectivity index (χ1n) is 8.24. The van der Waals surface area contributed by atoms with E-state index in [1.165, 1.54) is 4.31 Å². The second kappa shape index (κ2) is 7.33. The van der Waals surface area contributed by atoms with Crippen LogP contribution < -0.4 is 5.32 Å². The molecule has 1 amide bonds. The van der Waals surface area contributed by atoms with Crippen molar-refractivity contribution in [2.45, 2.75) is 30.7 Å². The van der Waals surface area contributed by atoms with E-state index in [4.69, 9.17) is 0 Å². The van der Waals surface area contributed by atoms with Crippen LogP contribution in [0.25, 0.3) is 0 Å². The molecule has 1 N–H and O–H groups in total. The summed E-state index contributed by atoms with van der Waals surface area (Å²) in [7, 11) is -3.47. The fourth-order valence-corrected chi connectivity index (χ4v) is 4.34. The van der Waals surface area contributed by atoms with Crippen molar-refractivity contribution in [2.24, 2.45) is 0 Å². The van der Waals surface area contributed by atoms with Crippen molar-refractivity contribution >= 4 is 15.9 Å². The number of nitrogens with one attached hydrogen (secondary N) is 1. The zero-order valence-electron chi connectivity index (χ0n) is 14.1. The van der Waals surface area contributed by atoms with Crippen molar-refractivity contribution < 1.29 is 13.2 Å². The van der Waals surface area contributed by atoms with E-state index in [0.29, 0.717) is 36.4 Å². The number of nitrogens with zero attached hydrogens (tertiary/aromatic N) is 2. The Bertz CT molecular complexity index is 828. The molecule has 1 aliphatic rings. The molecule has 1 aliphatic heterocycles. The minimum Gasteiger partial charge on any atom is -0.349 e. The van der Waals surface area contributed by atoms with E-state index >= 15 is 0 Å². The van der Waals surface area contributed by atoms with Crippen molar-refractivity contribution in [3.8, 4) is 0 Å². The Morgan fingerprint density at radius 1 is 1.08 bits per heavy atom. The van der Waals surface area contributed by atoms with Gasteiger partial charge in [-0.05, 0) is 44.0 Å². The summed E-state index contributed by atoms with van der Waals surface area (Å²) in [4.78, 5) is 16.4. The second-order valence-electron chi connectivity index (χ2n) is 6.20. The van der Waals surface area contributed by atoms with Gasteiger partial charge in [-0.15, -0.1) is 0 Å². The number of aromatic nitrogens is 1. The molecule has 3 rings (SSSR count). The number of rotatable bonds is 4. The quantitative estimate of drug-likeness (QED) is 0.905. The molecule has 0 radical (unpaired) electrons. The van der Waals surface area contributed by atoms with E-state index in [1.807, 2.05) is 6.92 Å². The summed E-state index contributed by atoms with van der Waals surface area (Å²) in [5.74, 6) is -0.151. The standard InChI is InChI=1S/C18H21N3O3S/c1-14-2-4-17(5-3-14)25(23,24)21-12-8-16(9-13-21)20-18(22)15-6-10-19-11-7-15/h2-7,10-11,16H,8-9,12-13H2,1H3,(H,20,22). The molecule has 132 valence electrons. The van der Waals surface area contributed by atoms with Crippen LogP contribution >= 0.6 is 0 Å². The maximum Gasteiger partial charge on any atom is 0.251 e. The molecule has 0 aliphatic carbocycles. The van der Waals surface area contributed by atoms with E-state index in [0.717, 1.165) is 5.56 Å². The number of carbonyl (C=O) groups excluding carboxylic acids is 1. The van der Waals surface area contributed by atoms with E-state index in [1.54, 1.807) is 48.8 Å². The number of hydrogen-bond acceptors (Lipinski definition) is 4. The number of piperidine rings is 1. The molecule has 1 saturated heterocycles. The van der Waals surface area contributed by atoms with Gasteiger partial charge in [-0.1, -0.05) is 17.7 Å². The number of aryl methyl sites for hydroxylation is 1. The maximum atomic E-state index is 12.7. The Hall–Kier alpha value is -2.25. The Kier molecular flexibility index (Phi) is 5.15. The average Bonchev–Trinajstić information content (AvgIpc) is 2.63. The van der Waals surface area contributed by atoms with E-state index in [2.05, 4.69) is 10.3 Å². The minimum atomic E-state index is -3.47. The fraction of sp³-hybridized carbons (Fsp3) is 0.333. The molecule has 2 aromatic rings. The van der Waals surface area contributed by atoms with Crippen LogP contribution in [0.15, 0.2) is 53.7 Å². The summed E-state index contributed by atoms with van der Waals surface area (Å²) in [5.41, 5.74) is 1.58. The third kappa shape index (κ3) is 4.05. The SMILES string of the molecule is Cc1ccc(S(=O)(=O)N2CCC(NC(=O)c3ccncc3)CC2)cc1. The van der Waals surface area contributed by atoms with Gasteiger partial charge in [0.05, 0.1) is 4.90 Å². The van der Waals surface area contributed by atoms with Crippen molar-refractivity contribution in [3.05, 3.63) is 59.9 Å². The average molecular weight is 359 g/mol. The van der Waals surface area contributed by atoms with Crippen LogP contribution in [0.3, 0.4) is 0 Å². The first-order valence-corrected chi connectivity index (χ1v) is 9.68. The summed E-state index contributed by atoms with van der Waals surface area (Å²) in [6, 6.07) is 10.2. The Balaban J connectivity index is 1.60. The number of hydrogen-bond donors (Lipinski definition) is 1. The highest BCUT2D eigenvalue weighted by Crippen LogP contribution is 2.21. The van der Waals surface area contributed by atoms with Crippen molar-refractivity contribution in [3.63, 3.8) is 0 Å². The van der Waals surface area contributed by atoms with Gasteiger partial charge in [-0.3, -0.25) is 9.78 Å². The normalized spacial score (nSPS) is 16.5. The van der Waals surface area contributed by atoms with Crippen LogP contribution in [0, 0.1) is 6.92 Å². The highest BCUT2D eigenvalue weighted by atomic mass is 32.2. The van der Waals surface area contributed by atoms with Gasteiger partial charge < -0.3 is 5.32 Å². The molecular weight excluding hydrogens is 338 g/mol. The molecule has 1 aromatic carbocycles. The number of carbonyl (C=O) groups is 1. The molecule has 0 spiro atoms. The summed E-state index contributed by atoms with van der Waals surface area (Å²) >= 11 is 0. The molecule has 1 aromatic heterocycles. The smallest absolute Gasteiger partial charge is 0.251 e. The summed E-state index contributed by atoms with van der Waals surface area (Å²) in [5, 5.41) is 2.97. The molecule has 2 heterocycles. The number of amides is 1. The summed E-state index contributed by atoms with van der Waals surface area (Å²) in [6.45, 7) is 2.72. The van der Waals surface area contributed by atoms with Crippen LogP contribution in [0.1, 0.15) is 28.8 Å². The Labute approximate surface area is 147 Å². The van der Waals surface area contributed by atoms with Crippen LogP contribution in [-0.2, 0) is 10.0 Å². The van der Waals surface area contributed by atoms with Crippen LogP contribution in [0.4, 0.5) is 0 Å². The minimum absolute atomic E-state index is 0.0230. The lowest BCUT2D eigenvalue weighted by molar-refractivity contribution is 0.0923. The molecule has 1 fully saturated rings. The molecule has 25 heavy (non-hydrogen) atoms. The van der Waals surface area contributed by atoms with Crippen LogP contribution in [0.2, 0.25) is 0 Å². The molecule has 0 bridgehead atoms. The molecule has 0 atom stereocenters. The third-order valence-corrected chi connectivity index (χ3v) is 6.30. The van der Waals surface area contributed by atoms with Gasteiger partial charge in [0.2, 0.25) is 10.0 Å². The fourth-order valence-electron chi connectivity index (χ4n) is 2.87. The molecule has 0 unspecified atom stereocenters. The zero-order valence-corrected chi connectivity index (χ0v) is 14.9. The molecule has 6 nitrogen and oxygen atoms in total. The third-order valence-electron chi connectivity index (χ3n) is 4.39. The van der Waals surface area contributed by atoms with Gasteiger partial charge in [-0.2, -0.15) is 4.31 Å². The van der Waals surface area contributed by atoms with E-state index < -0.39 is 10.0 Å². The lowest BCUT2D eigenvalue weighted by atomic mass is 10.1.